The van der Waals surface area contributed by atoms with Crippen molar-refractivity contribution in [3.05, 3.63) is 58.9 Å². The smallest absolute Gasteiger partial charge is 0.253 e. The molecular weight excluding hydrogens is 262 g/mol. The molecule has 0 aliphatic rings. The van der Waals surface area contributed by atoms with E-state index in [1.54, 1.807) is 0 Å². The lowest BCUT2D eigenvalue weighted by atomic mass is 10.2. The first-order valence-electron chi connectivity index (χ1n) is 7.27. The van der Waals surface area contributed by atoms with Crippen molar-refractivity contribution in [1.29, 1.82) is 0 Å². The summed E-state index contributed by atoms with van der Waals surface area (Å²) in [5.41, 5.74) is 4.12. The highest BCUT2D eigenvalue weighted by Gasteiger charge is 2.15. The minimum Gasteiger partial charge on any atom is -0.351 e. The van der Waals surface area contributed by atoms with E-state index in [0.29, 0.717) is 6.54 Å². The van der Waals surface area contributed by atoms with E-state index in [1.807, 2.05) is 45.2 Å². The first kappa shape index (κ1) is 15.3. The van der Waals surface area contributed by atoms with E-state index in [9.17, 15) is 4.79 Å². The van der Waals surface area contributed by atoms with E-state index >= 15 is 0 Å². The van der Waals surface area contributed by atoms with Crippen molar-refractivity contribution >= 4 is 5.91 Å². The second kappa shape index (κ2) is 7.09. The second-order valence-corrected chi connectivity index (χ2v) is 5.22. The molecule has 0 spiro atoms. The van der Waals surface area contributed by atoms with Gasteiger partial charge in [-0.05, 0) is 32.5 Å². The van der Waals surface area contributed by atoms with E-state index in [-0.39, 0.29) is 5.91 Å². The summed E-state index contributed by atoms with van der Waals surface area (Å²) in [7, 11) is 1.87. The fourth-order valence-electron chi connectivity index (χ4n) is 2.44. The predicted molar refractivity (Wildman–Crippen MR) is 85.7 cm³/mol. The van der Waals surface area contributed by atoms with Gasteiger partial charge in [-0.2, -0.15) is 0 Å². The summed E-state index contributed by atoms with van der Waals surface area (Å²) in [4.78, 5) is 12.2. The Labute approximate surface area is 126 Å². The van der Waals surface area contributed by atoms with Crippen molar-refractivity contribution < 1.29 is 4.79 Å². The average Bonchev–Trinajstić information content (AvgIpc) is 2.77. The molecule has 1 amide bonds. The largest absolute Gasteiger partial charge is 0.351 e. The van der Waals surface area contributed by atoms with E-state index in [1.165, 1.54) is 5.56 Å². The number of nitrogens with zero attached hydrogens (tertiary/aromatic N) is 1. The van der Waals surface area contributed by atoms with Gasteiger partial charge in [0, 0.05) is 31.0 Å². The zero-order chi connectivity index (χ0) is 15.2. The zero-order valence-electron chi connectivity index (χ0n) is 12.9. The fourth-order valence-corrected chi connectivity index (χ4v) is 2.44. The lowest BCUT2D eigenvalue weighted by Crippen LogP contribution is -2.30. The monoisotopic (exact) mass is 285 g/mol. The number of amides is 1. The van der Waals surface area contributed by atoms with Crippen molar-refractivity contribution in [2.24, 2.45) is 0 Å². The Kier molecular flexibility index (Phi) is 5.17. The topological polar surface area (TPSA) is 46.1 Å². The van der Waals surface area contributed by atoms with Crippen LogP contribution in [0, 0.1) is 13.8 Å². The molecule has 1 aromatic heterocycles. The average molecular weight is 285 g/mol. The molecule has 0 aliphatic heterocycles. The minimum absolute atomic E-state index is 0.00217. The van der Waals surface area contributed by atoms with E-state index in [0.717, 1.165) is 30.0 Å². The van der Waals surface area contributed by atoms with Crippen molar-refractivity contribution in [3.8, 4) is 0 Å². The highest BCUT2D eigenvalue weighted by atomic mass is 16.1. The number of hydrogen-bond acceptors (Lipinski definition) is 2. The van der Waals surface area contributed by atoms with Crippen LogP contribution < -0.4 is 10.6 Å². The van der Waals surface area contributed by atoms with Crippen LogP contribution in [0.1, 0.15) is 27.3 Å². The van der Waals surface area contributed by atoms with Crippen LogP contribution in [0.25, 0.3) is 0 Å². The summed E-state index contributed by atoms with van der Waals surface area (Å²) in [6, 6.07) is 12.3. The van der Waals surface area contributed by atoms with E-state index < -0.39 is 0 Å². The maximum absolute atomic E-state index is 12.2. The van der Waals surface area contributed by atoms with E-state index in [4.69, 9.17) is 0 Å². The zero-order valence-corrected chi connectivity index (χ0v) is 12.9. The Hall–Kier alpha value is -2.07. The van der Waals surface area contributed by atoms with Crippen molar-refractivity contribution in [2.45, 2.75) is 20.4 Å². The molecule has 21 heavy (non-hydrogen) atoms. The maximum atomic E-state index is 12.2. The normalized spacial score (nSPS) is 10.6. The van der Waals surface area contributed by atoms with Gasteiger partial charge in [0.25, 0.3) is 5.91 Å². The molecule has 0 saturated heterocycles. The fraction of sp³-hybridized carbons (Fsp3) is 0.353. The molecule has 2 rings (SSSR count). The molecule has 4 nitrogen and oxygen atoms in total. The summed E-state index contributed by atoms with van der Waals surface area (Å²) >= 11 is 0. The van der Waals surface area contributed by atoms with Gasteiger partial charge < -0.3 is 15.2 Å². The first-order valence-corrected chi connectivity index (χ1v) is 7.27. The van der Waals surface area contributed by atoms with Crippen LogP contribution in [0.3, 0.4) is 0 Å². The highest BCUT2D eigenvalue weighted by molar-refractivity contribution is 5.95. The lowest BCUT2D eigenvalue weighted by molar-refractivity contribution is 0.0953. The predicted octanol–water partition coefficient (Wildman–Crippen LogP) is 2.10. The molecule has 112 valence electrons. The summed E-state index contributed by atoms with van der Waals surface area (Å²) in [6.45, 7) is 6.25. The molecule has 1 heterocycles. The Balaban J connectivity index is 2.15. The number of aromatic nitrogens is 1. The SMILES string of the molecule is CNCCNC(=O)c1cc(C)n(Cc2ccccc2)c1C. The van der Waals surface area contributed by atoms with Gasteiger partial charge in [0.1, 0.15) is 0 Å². The third kappa shape index (κ3) is 3.73. The Morgan fingerprint density at radius 1 is 1.14 bits per heavy atom. The molecule has 0 bridgehead atoms. The molecule has 0 radical (unpaired) electrons. The number of aryl methyl sites for hydroxylation is 1. The standard InChI is InChI=1S/C17H23N3O/c1-13-11-16(17(21)19-10-9-18-3)14(2)20(13)12-15-7-5-4-6-8-15/h4-8,11,18H,9-10,12H2,1-3H3,(H,19,21). The lowest BCUT2D eigenvalue weighted by Gasteiger charge is -2.10. The molecular formula is C17H23N3O. The summed E-state index contributed by atoms with van der Waals surface area (Å²) < 4.78 is 2.18. The number of rotatable bonds is 6. The number of nitrogens with one attached hydrogen (secondary N) is 2. The number of benzene rings is 1. The van der Waals surface area contributed by atoms with Crippen LogP contribution in [0.4, 0.5) is 0 Å². The van der Waals surface area contributed by atoms with Gasteiger partial charge in [-0.3, -0.25) is 4.79 Å². The number of carbonyl (C=O) groups is 1. The summed E-state index contributed by atoms with van der Waals surface area (Å²) in [5, 5.41) is 5.95. The Bertz CT molecular complexity index is 602. The summed E-state index contributed by atoms with van der Waals surface area (Å²) in [5.74, 6) is -0.00217. The van der Waals surface area contributed by atoms with Gasteiger partial charge >= 0.3 is 0 Å². The van der Waals surface area contributed by atoms with Crippen LogP contribution in [0.2, 0.25) is 0 Å². The molecule has 0 unspecified atom stereocenters. The molecule has 0 atom stereocenters. The van der Waals surface area contributed by atoms with E-state index in [2.05, 4.69) is 27.3 Å². The van der Waals surface area contributed by atoms with Crippen molar-refractivity contribution in [3.63, 3.8) is 0 Å². The quantitative estimate of drug-likeness (QED) is 0.799. The number of carbonyl (C=O) groups excluding carboxylic acids is 1. The molecule has 2 N–H and O–H groups in total. The highest BCUT2D eigenvalue weighted by Crippen LogP contribution is 2.17. The van der Waals surface area contributed by atoms with Crippen molar-refractivity contribution in [1.82, 2.24) is 15.2 Å². The first-order chi connectivity index (χ1) is 10.1. The number of likely N-dealkylation sites (N-methyl/N-ethyl adjacent to an activating group) is 1. The minimum atomic E-state index is -0.00217. The molecule has 4 heteroatoms. The Morgan fingerprint density at radius 2 is 1.86 bits per heavy atom. The van der Waals surface area contributed by atoms with Crippen LogP contribution in [0.5, 0.6) is 0 Å². The van der Waals surface area contributed by atoms with Gasteiger partial charge in [-0.15, -0.1) is 0 Å². The Morgan fingerprint density at radius 3 is 2.52 bits per heavy atom. The third-order valence-electron chi connectivity index (χ3n) is 3.66. The molecule has 0 fully saturated rings. The molecule has 0 aliphatic carbocycles. The van der Waals surface area contributed by atoms with Gasteiger partial charge in [0.05, 0.1) is 5.56 Å². The van der Waals surface area contributed by atoms with Gasteiger partial charge in [-0.1, -0.05) is 30.3 Å². The molecule has 2 aromatic rings. The molecule has 0 saturated carbocycles. The van der Waals surface area contributed by atoms with Crippen LogP contribution >= 0.6 is 0 Å². The summed E-state index contributed by atoms with van der Waals surface area (Å²) in [6.07, 6.45) is 0. The van der Waals surface area contributed by atoms with Crippen LogP contribution in [0.15, 0.2) is 36.4 Å². The van der Waals surface area contributed by atoms with Crippen molar-refractivity contribution in [2.75, 3.05) is 20.1 Å². The van der Waals surface area contributed by atoms with Crippen LogP contribution in [-0.2, 0) is 6.54 Å². The van der Waals surface area contributed by atoms with Gasteiger partial charge in [0.15, 0.2) is 0 Å². The third-order valence-corrected chi connectivity index (χ3v) is 3.66. The van der Waals surface area contributed by atoms with Crippen LogP contribution in [-0.4, -0.2) is 30.6 Å². The second-order valence-electron chi connectivity index (χ2n) is 5.22. The van der Waals surface area contributed by atoms with Gasteiger partial charge in [-0.25, -0.2) is 0 Å². The molecule has 1 aromatic carbocycles. The maximum Gasteiger partial charge on any atom is 0.253 e. The van der Waals surface area contributed by atoms with Gasteiger partial charge in [0.2, 0.25) is 0 Å². The number of hydrogen-bond donors (Lipinski definition) is 2.